The van der Waals surface area contributed by atoms with Crippen LogP contribution in [0.1, 0.15) is 32.3 Å². The topological polar surface area (TPSA) is 38.3 Å². The van der Waals surface area contributed by atoms with Gasteiger partial charge >= 0.3 is 0 Å². The Morgan fingerprint density at radius 2 is 2.06 bits per heavy atom. The second-order valence-electron chi connectivity index (χ2n) is 4.19. The Kier molecular flexibility index (Phi) is 5.53. The third-order valence-electron chi connectivity index (χ3n) is 2.71. The molecular weight excluding hydrogens is 214 g/mol. The van der Waals surface area contributed by atoms with E-state index in [0.29, 0.717) is 0 Å². The van der Waals surface area contributed by atoms with Crippen LogP contribution in [0.5, 0.6) is 5.75 Å². The van der Waals surface area contributed by atoms with Gasteiger partial charge in [-0.05, 0) is 37.5 Å². The van der Waals surface area contributed by atoms with E-state index in [1.54, 1.807) is 0 Å². The number of hydrogen-bond acceptors (Lipinski definition) is 2. The van der Waals surface area contributed by atoms with Gasteiger partial charge in [0.25, 0.3) is 5.91 Å². The SMILES string of the molecule is CCC(CC)NC(=O)COc1cccc(C)c1. The van der Waals surface area contributed by atoms with Gasteiger partial charge in [-0.25, -0.2) is 0 Å². The molecule has 1 aromatic rings. The summed E-state index contributed by atoms with van der Waals surface area (Å²) < 4.78 is 5.43. The average Bonchev–Trinajstić information content (AvgIpc) is 2.33. The van der Waals surface area contributed by atoms with Crippen molar-refractivity contribution in [2.45, 2.75) is 39.7 Å². The molecule has 17 heavy (non-hydrogen) atoms. The van der Waals surface area contributed by atoms with E-state index < -0.39 is 0 Å². The Balaban J connectivity index is 2.38. The van der Waals surface area contributed by atoms with Crippen LogP contribution in [0, 0.1) is 6.92 Å². The Labute approximate surface area is 103 Å². The highest BCUT2D eigenvalue weighted by atomic mass is 16.5. The van der Waals surface area contributed by atoms with Crippen molar-refractivity contribution in [1.29, 1.82) is 0 Å². The summed E-state index contributed by atoms with van der Waals surface area (Å²) in [4.78, 5) is 11.6. The molecule has 1 N–H and O–H groups in total. The molecule has 3 nitrogen and oxygen atoms in total. The average molecular weight is 235 g/mol. The molecule has 0 aliphatic heterocycles. The molecular formula is C14H21NO2. The normalized spacial score (nSPS) is 10.4. The maximum absolute atomic E-state index is 11.6. The van der Waals surface area contributed by atoms with E-state index in [-0.39, 0.29) is 18.6 Å². The molecule has 0 radical (unpaired) electrons. The zero-order chi connectivity index (χ0) is 12.7. The van der Waals surface area contributed by atoms with Crippen LogP contribution >= 0.6 is 0 Å². The Morgan fingerprint density at radius 3 is 2.65 bits per heavy atom. The van der Waals surface area contributed by atoms with E-state index in [2.05, 4.69) is 19.2 Å². The Hall–Kier alpha value is -1.51. The number of benzene rings is 1. The van der Waals surface area contributed by atoms with E-state index in [0.717, 1.165) is 24.2 Å². The van der Waals surface area contributed by atoms with E-state index in [4.69, 9.17) is 4.74 Å². The Morgan fingerprint density at radius 1 is 1.35 bits per heavy atom. The van der Waals surface area contributed by atoms with Crippen LogP contribution in [-0.4, -0.2) is 18.6 Å². The van der Waals surface area contributed by atoms with E-state index in [1.807, 2.05) is 31.2 Å². The molecule has 0 saturated heterocycles. The molecule has 0 fully saturated rings. The van der Waals surface area contributed by atoms with Gasteiger partial charge in [0.2, 0.25) is 0 Å². The quantitative estimate of drug-likeness (QED) is 0.823. The molecule has 0 spiro atoms. The second-order valence-corrected chi connectivity index (χ2v) is 4.19. The van der Waals surface area contributed by atoms with Crippen LogP contribution in [0.25, 0.3) is 0 Å². The van der Waals surface area contributed by atoms with Crippen LogP contribution in [0.15, 0.2) is 24.3 Å². The monoisotopic (exact) mass is 235 g/mol. The van der Waals surface area contributed by atoms with Crippen molar-refractivity contribution >= 4 is 5.91 Å². The summed E-state index contributed by atoms with van der Waals surface area (Å²) >= 11 is 0. The van der Waals surface area contributed by atoms with Crippen LogP contribution in [0.2, 0.25) is 0 Å². The molecule has 0 aliphatic rings. The first kappa shape index (κ1) is 13.6. The number of carbonyl (C=O) groups excluding carboxylic acids is 1. The zero-order valence-electron chi connectivity index (χ0n) is 10.8. The summed E-state index contributed by atoms with van der Waals surface area (Å²) in [5, 5.41) is 2.94. The fourth-order valence-corrected chi connectivity index (χ4v) is 1.62. The van der Waals surface area contributed by atoms with Crippen molar-refractivity contribution in [3.05, 3.63) is 29.8 Å². The molecule has 94 valence electrons. The summed E-state index contributed by atoms with van der Waals surface area (Å²) in [5.41, 5.74) is 1.13. The van der Waals surface area contributed by atoms with Gasteiger partial charge in [-0.15, -0.1) is 0 Å². The number of rotatable bonds is 6. The van der Waals surface area contributed by atoms with Gasteiger partial charge in [0.15, 0.2) is 6.61 Å². The maximum atomic E-state index is 11.6. The van der Waals surface area contributed by atoms with Gasteiger partial charge in [-0.2, -0.15) is 0 Å². The van der Waals surface area contributed by atoms with Crippen molar-refractivity contribution in [2.24, 2.45) is 0 Å². The maximum Gasteiger partial charge on any atom is 0.258 e. The molecule has 1 rings (SSSR count). The molecule has 1 aromatic carbocycles. The first-order valence-electron chi connectivity index (χ1n) is 6.14. The number of nitrogens with one attached hydrogen (secondary N) is 1. The van der Waals surface area contributed by atoms with Crippen LogP contribution in [-0.2, 0) is 4.79 Å². The second kappa shape index (κ2) is 6.94. The fraction of sp³-hybridized carbons (Fsp3) is 0.500. The van der Waals surface area contributed by atoms with Crippen LogP contribution < -0.4 is 10.1 Å². The molecule has 0 aliphatic carbocycles. The third kappa shape index (κ3) is 4.89. The lowest BCUT2D eigenvalue weighted by atomic mass is 10.2. The highest BCUT2D eigenvalue weighted by Crippen LogP contribution is 2.11. The number of carbonyl (C=O) groups is 1. The number of hydrogen-bond donors (Lipinski definition) is 1. The lowest BCUT2D eigenvalue weighted by Crippen LogP contribution is -2.37. The summed E-state index contributed by atoms with van der Waals surface area (Å²) in [6.45, 7) is 6.21. The smallest absolute Gasteiger partial charge is 0.258 e. The highest BCUT2D eigenvalue weighted by molar-refractivity contribution is 5.77. The van der Waals surface area contributed by atoms with Gasteiger partial charge in [0.1, 0.15) is 5.75 Å². The molecule has 0 unspecified atom stereocenters. The van der Waals surface area contributed by atoms with E-state index >= 15 is 0 Å². The minimum Gasteiger partial charge on any atom is -0.484 e. The van der Waals surface area contributed by atoms with Crippen LogP contribution in [0.4, 0.5) is 0 Å². The van der Waals surface area contributed by atoms with Crippen molar-refractivity contribution in [3.8, 4) is 5.75 Å². The highest BCUT2D eigenvalue weighted by Gasteiger charge is 2.08. The lowest BCUT2D eigenvalue weighted by molar-refractivity contribution is -0.123. The minimum atomic E-state index is -0.0554. The number of ether oxygens (including phenoxy) is 1. The molecule has 0 heterocycles. The number of amides is 1. The first-order valence-corrected chi connectivity index (χ1v) is 6.14. The van der Waals surface area contributed by atoms with E-state index in [9.17, 15) is 4.79 Å². The zero-order valence-corrected chi connectivity index (χ0v) is 10.8. The van der Waals surface area contributed by atoms with Gasteiger partial charge in [0, 0.05) is 6.04 Å². The summed E-state index contributed by atoms with van der Waals surface area (Å²) in [5.74, 6) is 0.685. The van der Waals surface area contributed by atoms with Crippen molar-refractivity contribution < 1.29 is 9.53 Å². The van der Waals surface area contributed by atoms with Crippen molar-refractivity contribution in [2.75, 3.05) is 6.61 Å². The van der Waals surface area contributed by atoms with E-state index in [1.165, 1.54) is 0 Å². The van der Waals surface area contributed by atoms with Crippen molar-refractivity contribution in [1.82, 2.24) is 5.32 Å². The van der Waals surface area contributed by atoms with Gasteiger partial charge in [0.05, 0.1) is 0 Å². The third-order valence-corrected chi connectivity index (χ3v) is 2.71. The first-order chi connectivity index (χ1) is 8.15. The fourth-order valence-electron chi connectivity index (χ4n) is 1.62. The van der Waals surface area contributed by atoms with Crippen molar-refractivity contribution in [3.63, 3.8) is 0 Å². The predicted octanol–water partition coefficient (Wildman–Crippen LogP) is 2.68. The summed E-state index contributed by atoms with van der Waals surface area (Å²) in [6.07, 6.45) is 1.90. The lowest BCUT2D eigenvalue weighted by Gasteiger charge is -2.15. The van der Waals surface area contributed by atoms with Gasteiger partial charge in [-0.3, -0.25) is 4.79 Å². The molecule has 0 bridgehead atoms. The van der Waals surface area contributed by atoms with Gasteiger partial charge in [-0.1, -0.05) is 26.0 Å². The van der Waals surface area contributed by atoms with Crippen LogP contribution in [0.3, 0.4) is 0 Å². The largest absolute Gasteiger partial charge is 0.484 e. The number of aryl methyl sites for hydroxylation is 1. The molecule has 0 saturated carbocycles. The standard InChI is InChI=1S/C14H21NO2/c1-4-12(5-2)15-14(16)10-17-13-8-6-7-11(3)9-13/h6-9,12H,4-5,10H2,1-3H3,(H,15,16). The molecule has 3 heteroatoms. The summed E-state index contributed by atoms with van der Waals surface area (Å²) in [7, 11) is 0. The summed E-state index contributed by atoms with van der Waals surface area (Å²) in [6, 6.07) is 7.95. The predicted molar refractivity (Wildman–Crippen MR) is 69.2 cm³/mol. The van der Waals surface area contributed by atoms with Gasteiger partial charge < -0.3 is 10.1 Å². The molecule has 0 aromatic heterocycles. The Bertz CT molecular complexity index is 359. The molecule has 0 atom stereocenters. The minimum absolute atomic E-state index is 0.0554. The molecule has 1 amide bonds.